The molecule has 0 saturated carbocycles. The number of aromatic nitrogens is 2. The zero-order valence-corrected chi connectivity index (χ0v) is 12.5. The zero-order chi connectivity index (χ0) is 16.7. The third-order valence-corrected chi connectivity index (χ3v) is 3.71. The van der Waals surface area contributed by atoms with Gasteiger partial charge < -0.3 is 15.8 Å². The van der Waals surface area contributed by atoms with E-state index in [-0.39, 0.29) is 18.3 Å². The van der Waals surface area contributed by atoms with Gasteiger partial charge in [-0.3, -0.25) is 4.79 Å². The largest absolute Gasteiger partial charge is 0.482 e. The van der Waals surface area contributed by atoms with Crippen molar-refractivity contribution in [2.75, 3.05) is 17.7 Å². The molecule has 3 aromatic rings. The highest BCUT2D eigenvalue weighted by atomic mass is 19.1. The van der Waals surface area contributed by atoms with Gasteiger partial charge in [0.25, 0.3) is 5.91 Å². The van der Waals surface area contributed by atoms with Gasteiger partial charge in [-0.1, -0.05) is 0 Å². The molecule has 0 unspecified atom stereocenters. The molecule has 6 nitrogen and oxygen atoms in total. The number of anilines is 2. The van der Waals surface area contributed by atoms with Gasteiger partial charge in [0.15, 0.2) is 6.61 Å². The van der Waals surface area contributed by atoms with E-state index in [4.69, 9.17) is 10.5 Å². The standard InChI is InChI=1S/C17H13FN4O2/c18-11-2-4-12(5-3-11)22-14(8-16(19)21-22)10-1-6-15-13(7-10)20-17(23)9-24-15/h1-8H,9H2,(H2,19,21)(H,20,23). The predicted molar refractivity (Wildman–Crippen MR) is 87.5 cm³/mol. The molecule has 1 amide bonds. The van der Waals surface area contributed by atoms with Crippen molar-refractivity contribution in [1.29, 1.82) is 0 Å². The number of ether oxygens (including phenoxy) is 1. The summed E-state index contributed by atoms with van der Waals surface area (Å²) in [5.74, 6) is 0.423. The second-order valence-corrected chi connectivity index (χ2v) is 5.39. The van der Waals surface area contributed by atoms with E-state index in [2.05, 4.69) is 10.4 Å². The molecule has 4 rings (SSSR count). The Balaban J connectivity index is 1.81. The van der Waals surface area contributed by atoms with Crippen LogP contribution in [0.4, 0.5) is 15.9 Å². The Labute approximate surface area is 136 Å². The minimum Gasteiger partial charge on any atom is -0.482 e. The number of carbonyl (C=O) groups excluding carboxylic acids is 1. The van der Waals surface area contributed by atoms with Crippen molar-refractivity contribution < 1.29 is 13.9 Å². The van der Waals surface area contributed by atoms with Gasteiger partial charge in [0.05, 0.1) is 17.1 Å². The number of nitrogens with two attached hydrogens (primary N) is 1. The Morgan fingerprint density at radius 2 is 1.96 bits per heavy atom. The first-order valence-corrected chi connectivity index (χ1v) is 7.29. The fourth-order valence-corrected chi connectivity index (χ4v) is 2.63. The second kappa shape index (κ2) is 5.38. The van der Waals surface area contributed by atoms with Crippen LogP contribution in [0.5, 0.6) is 5.75 Å². The van der Waals surface area contributed by atoms with Gasteiger partial charge in [-0.25, -0.2) is 9.07 Å². The number of nitrogens with one attached hydrogen (secondary N) is 1. The van der Waals surface area contributed by atoms with Crippen molar-refractivity contribution in [2.45, 2.75) is 0 Å². The summed E-state index contributed by atoms with van der Waals surface area (Å²) in [6.45, 7) is 0.00675. The highest BCUT2D eigenvalue weighted by molar-refractivity contribution is 5.96. The summed E-state index contributed by atoms with van der Waals surface area (Å²) in [6.07, 6.45) is 0. The number of hydrogen-bond donors (Lipinski definition) is 2. The molecule has 1 aromatic heterocycles. The maximum absolute atomic E-state index is 13.1. The normalized spacial score (nSPS) is 13.1. The van der Waals surface area contributed by atoms with Crippen molar-refractivity contribution in [2.24, 2.45) is 0 Å². The molecule has 0 fully saturated rings. The Morgan fingerprint density at radius 3 is 2.75 bits per heavy atom. The molecule has 24 heavy (non-hydrogen) atoms. The van der Waals surface area contributed by atoms with Gasteiger partial charge in [0.2, 0.25) is 0 Å². The number of halogens is 1. The number of amides is 1. The van der Waals surface area contributed by atoms with Gasteiger partial charge in [0, 0.05) is 11.6 Å². The number of nitrogen functional groups attached to an aromatic ring is 1. The average molecular weight is 324 g/mol. The number of fused-ring (bicyclic) bond motifs is 1. The van der Waals surface area contributed by atoms with Crippen LogP contribution in [0.1, 0.15) is 0 Å². The number of rotatable bonds is 2. The van der Waals surface area contributed by atoms with Crippen molar-refractivity contribution in [1.82, 2.24) is 9.78 Å². The summed E-state index contributed by atoms with van der Waals surface area (Å²) in [5, 5.41) is 7.04. The van der Waals surface area contributed by atoms with Crippen molar-refractivity contribution in [3.63, 3.8) is 0 Å². The van der Waals surface area contributed by atoms with Crippen molar-refractivity contribution >= 4 is 17.4 Å². The zero-order valence-electron chi connectivity index (χ0n) is 12.5. The molecule has 1 aliphatic rings. The van der Waals surface area contributed by atoms with Gasteiger partial charge in [-0.15, -0.1) is 0 Å². The third-order valence-electron chi connectivity index (χ3n) is 3.71. The molecule has 0 radical (unpaired) electrons. The van der Waals surface area contributed by atoms with Gasteiger partial charge in [-0.2, -0.15) is 5.10 Å². The first kappa shape index (κ1) is 14.3. The summed E-state index contributed by atoms with van der Waals surface area (Å²) in [4.78, 5) is 11.5. The van der Waals surface area contributed by atoms with Crippen LogP contribution in [-0.4, -0.2) is 22.3 Å². The van der Waals surface area contributed by atoms with Crippen LogP contribution in [0.25, 0.3) is 16.9 Å². The maximum atomic E-state index is 13.1. The lowest BCUT2D eigenvalue weighted by Gasteiger charge is -2.18. The average Bonchev–Trinajstić information content (AvgIpc) is 2.96. The second-order valence-electron chi connectivity index (χ2n) is 5.39. The fraction of sp³-hybridized carbons (Fsp3) is 0.0588. The smallest absolute Gasteiger partial charge is 0.262 e. The summed E-state index contributed by atoms with van der Waals surface area (Å²) in [5.41, 5.74) is 8.64. The molecular weight excluding hydrogens is 311 g/mol. The van der Waals surface area contributed by atoms with E-state index in [1.807, 2.05) is 6.07 Å². The van der Waals surface area contributed by atoms with Gasteiger partial charge in [0.1, 0.15) is 17.4 Å². The minimum absolute atomic E-state index is 0.00675. The molecule has 1 aliphatic heterocycles. The van der Waals surface area contributed by atoms with E-state index in [0.717, 1.165) is 11.3 Å². The summed E-state index contributed by atoms with van der Waals surface area (Å²) in [6, 6.07) is 13.1. The Bertz CT molecular complexity index is 934. The first-order chi connectivity index (χ1) is 11.6. The minimum atomic E-state index is -0.325. The van der Waals surface area contributed by atoms with Crippen LogP contribution in [0.3, 0.4) is 0 Å². The lowest BCUT2D eigenvalue weighted by atomic mass is 10.1. The molecule has 3 N–H and O–H groups in total. The van der Waals surface area contributed by atoms with E-state index in [1.54, 1.807) is 35.0 Å². The van der Waals surface area contributed by atoms with Crippen LogP contribution in [0, 0.1) is 5.82 Å². The van der Waals surface area contributed by atoms with Crippen molar-refractivity contribution in [3.8, 4) is 22.7 Å². The molecule has 0 saturated heterocycles. The van der Waals surface area contributed by atoms with Gasteiger partial charge in [-0.05, 0) is 42.5 Å². The number of benzene rings is 2. The molecule has 0 spiro atoms. The quantitative estimate of drug-likeness (QED) is 0.759. The monoisotopic (exact) mass is 324 g/mol. The molecule has 120 valence electrons. The maximum Gasteiger partial charge on any atom is 0.262 e. The van der Waals surface area contributed by atoms with Crippen LogP contribution >= 0.6 is 0 Å². The SMILES string of the molecule is Nc1cc(-c2ccc3c(c2)NC(=O)CO3)n(-c2ccc(F)cc2)n1. The summed E-state index contributed by atoms with van der Waals surface area (Å²) < 4.78 is 20.1. The number of carbonyl (C=O) groups is 1. The fourth-order valence-electron chi connectivity index (χ4n) is 2.63. The number of nitrogens with zero attached hydrogens (tertiary/aromatic N) is 2. The predicted octanol–water partition coefficient (Wildman–Crippen LogP) is 2.59. The highest BCUT2D eigenvalue weighted by Crippen LogP contribution is 2.34. The molecule has 2 aromatic carbocycles. The first-order valence-electron chi connectivity index (χ1n) is 7.29. The van der Waals surface area contributed by atoms with Gasteiger partial charge >= 0.3 is 0 Å². The third kappa shape index (κ3) is 2.45. The molecule has 0 atom stereocenters. The van der Waals surface area contributed by atoms with E-state index in [9.17, 15) is 9.18 Å². The van der Waals surface area contributed by atoms with E-state index < -0.39 is 0 Å². The summed E-state index contributed by atoms with van der Waals surface area (Å²) in [7, 11) is 0. The highest BCUT2D eigenvalue weighted by Gasteiger charge is 2.18. The molecule has 0 bridgehead atoms. The van der Waals surface area contributed by atoms with Crippen LogP contribution in [0.2, 0.25) is 0 Å². The topological polar surface area (TPSA) is 82.2 Å². The lowest BCUT2D eigenvalue weighted by Crippen LogP contribution is -2.25. The van der Waals surface area contributed by atoms with Crippen LogP contribution in [-0.2, 0) is 4.79 Å². The molecule has 2 heterocycles. The lowest BCUT2D eigenvalue weighted by molar-refractivity contribution is -0.118. The molecule has 7 heteroatoms. The van der Waals surface area contributed by atoms with Crippen LogP contribution in [0.15, 0.2) is 48.5 Å². The Morgan fingerprint density at radius 1 is 1.17 bits per heavy atom. The summed E-state index contributed by atoms with van der Waals surface area (Å²) >= 11 is 0. The van der Waals surface area contributed by atoms with E-state index in [0.29, 0.717) is 22.9 Å². The Hall–Kier alpha value is -3.35. The van der Waals surface area contributed by atoms with Crippen LogP contribution < -0.4 is 15.8 Å². The molecule has 0 aliphatic carbocycles. The number of hydrogen-bond acceptors (Lipinski definition) is 4. The van der Waals surface area contributed by atoms with E-state index >= 15 is 0 Å². The molecular formula is C17H13FN4O2. The van der Waals surface area contributed by atoms with Crippen molar-refractivity contribution in [3.05, 3.63) is 54.3 Å². The Kier molecular flexibility index (Phi) is 3.19. The van der Waals surface area contributed by atoms with E-state index in [1.165, 1.54) is 12.1 Å².